The molecule has 0 amide bonds. The van der Waals surface area contributed by atoms with E-state index in [0.717, 1.165) is 0 Å². The van der Waals surface area contributed by atoms with Crippen LogP contribution in [0, 0.1) is 11.3 Å². The maximum absolute atomic E-state index is 8.51. The van der Waals surface area contributed by atoms with Crippen LogP contribution in [0.3, 0.4) is 0 Å². The highest BCUT2D eigenvalue weighted by Crippen LogP contribution is 2.10. The first-order valence-electron chi connectivity index (χ1n) is 2.97. The normalized spacial score (nSPS) is 8.73. The molecule has 0 fully saturated rings. The fraction of sp³-hybridized carbons (Fsp3) is 0.143. The Hall–Kier alpha value is -1.50. The number of nitriles is 1. The minimum atomic E-state index is 0.252. The van der Waals surface area contributed by atoms with Crippen molar-refractivity contribution >= 4 is 13.3 Å². The Morgan fingerprint density at radius 2 is 2.45 bits per heavy atom. The average molecular weight is 144 g/mol. The van der Waals surface area contributed by atoms with Gasteiger partial charge >= 0.3 is 0 Å². The number of pyridine rings is 1. The van der Waals surface area contributed by atoms with Crippen LogP contribution in [0.25, 0.3) is 0 Å². The molecule has 0 aliphatic heterocycles. The van der Waals surface area contributed by atoms with Crippen LogP contribution in [-0.2, 0) is 0 Å². The van der Waals surface area contributed by atoms with Crippen LogP contribution in [0.15, 0.2) is 12.3 Å². The van der Waals surface area contributed by atoms with E-state index in [1.54, 1.807) is 6.07 Å². The molecule has 0 saturated heterocycles. The molecule has 0 aliphatic rings. The fourth-order valence-electron chi connectivity index (χ4n) is 0.699. The molecular weight excluding hydrogens is 139 g/mol. The Balaban J connectivity index is 3.19. The van der Waals surface area contributed by atoms with Crippen LogP contribution in [-0.4, -0.2) is 19.9 Å². The van der Waals surface area contributed by atoms with Crippen molar-refractivity contribution in [1.29, 1.82) is 5.26 Å². The molecule has 0 unspecified atom stereocenters. The smallest absolute Gasteiger partial charge is 0.182 e. The first kappa shape index (κ1) is 7.61. The second-order valence-electron chi connectivity index (χ2n) is 1.93. The van der Waals surface area contributed by atoms with Gasteiger partial charge in [0.25, 0.3) is 0 Å². The number of aromatic nitrogens is 1. The number of hydrogen-bond donors (Lipinski definition) is 0. The van der Waals surface area contributed by atoms with Gasteiger partial charge in [-0.15, -0.1) is 0 Å². The number of methoxy groups -OCH3 is 1. The number of ether oxygens (including phenoxy) is 1. The van der Waals surface area contributed by atoms with Crippen molar-refractivity contribution in [2.45, 2.75) is 0 Å². The number of nitrogens with zero attached hydrogens (tertiary/aromatic N) is 2. The van der Waals surface area contributed by atoms with E-state index < -0.39 is 0 Å². The molecule has 52 valence electrons. The monoisotopic (exact) mass is 144 g/mol. The van der Waals surface area contributed by atoms with E-state index in [9.17, 15) is 0 Å². The van der Waals surface area contributed by atoms with Crippen molar-refractivity contribution in [2.24, 2.45) is 0 Å². The molecule has 0 saturated carbocycles. The third-order valence-electron chi connectivity index (χ3n) is 1.20. The first-order chi connectivity index (χ1) is 5.27. The lowest BCUT2D eigenvalue weighted by atomic mass is 9.98. The lowest BCUT2D eigenvalue weighted by molar-refractivity contribution is 0.412. The molecule has 0 N–H and O–H groups in total. The van der Waals surface area contributed by atoms with Gasteiger partial charge in [-0.3, -0.25) is 0 Å². The van der Waals surface area contributed by atoms with Crippen LogP contribution < -0.4 is 10.2 Å². The molecule has 1 aromatic rings. The summed E-state index contributed by atoms with van der Waals surface area (Å²) in [7, 11) is 6.88. The van der Waals surface area contributed by atoms with Gasteiger partial charge in [-0.1, -0.05) is 5.46 Å². The minimum Gasteiger partial charge on any atom is -0.494 e. The molecule has 0 bridgehead atoms. The maximum Gasteiger partial charge on any atom is 0.182 e. The quantitative estimate of drug-likeness (QED) is 0.510. The van der Waals surface area contributed by atoms with Crippen molar-refractivity contribution in [3.05, 3.63) is 18.0 Å². The third-order valence-corrected chi connectivity index (χ3v) is 1.20. The van der Waals surface area contributed by atoms with Crippen LogP contribution in [0.5, 0.6) is 5.75 Å². The predicted molar refractivity (Wildman–Crippen MR) is 40.9 cm³/mol. The summed E-state index contributed by atoms with van der Waals surface area (Å²) in [6.45, 7) is 0. The molecule has 11 heavy (non-hydrogen) atoms. The summed E-state index contributed by atoms with van der Waals surface area (Å²) in [5.74, 6) is 0.410. The van der Waals surface area contributed by atoms with Crippen molar-refractivity contribution in [1.82, 2.24) is 4.98 Å². The summed E-state index contributed by atoms with van der Waals surface area (Å²) in [5.41, 5.74) is 0.738. The van der Waals surface area contributed by atoms with E-state index in [4.69, 9.17) is 17.8 Å². The zero-order chi connectivity index (χ0) is 8.27. The molecule has 1 heterocycles. The van der Waals surface area contributed by atoms with Gasteiger partial charge in [0.15, 0.2) is 11.4 Å². The number of hydrogen-bond acceptors (Lipinski definition) is 3. The lowest BCUT2D eigenvalue weighted by Gasteiger charge is -2.01. The van der Waals surface area contributed by atoms with E-state index in [0.29, 0.717) is 11.2 Å². The predicted octanol–water partition coefficient (Wildman–Crippen LogP) is -0.244. The Kier molecular flexibility index (Phi) is 2.12. The second-order valence-corrected chi connectivity index (χ2v) is 1.93. The molecule has 0 atom stereocenters. The van der Waals surface area contributed by atoms with Crippen LogP contribution in [0.2, 0.25) is 0 Å². The molecule has 1 aromatic heterocycles. The Labute approximate surface area is 66.0 Å². The van der Waals surface area contributed by atoms with E-state index in [2.05, 4.69) is 4.98 Å². The molecule has 0 spiro atoms. The van der Waals surface area contributed by atoms with E-state index in [1.807, 2.05) is 6.07 Å². The van der Waals surface area contributed by atoms with Gasteiger partial charge in [0.2, 0.25) is 0 Å². The van der Waals surface area contributed by atoms with Crippen LogP contribution in [0.1, 0.15) is 5.69 Å². The topological polar surface area (TPSA) is 45.9 Å². The fourth-order valence-corrected chi connectivity index (χ4v) is 0.699. The summed E-state index contributed by atoms with van der Waals surface area (Å²) in [4.78, 5) is 3.76. The second kappa shape index (κ2) is 3.06. The summed E-state index contributed by atoms with van der Waals surface area (Å²) in [6.07, 6.45) is 1.42. The Morgan fingerprint density at radius 3 is 3.00 bits per heavy atom. The highest BCUT2D eigenvalue weighted by molar-refractivity contribution is 6.32. The van der Waals surface area contributed by atoms with Gasteiger partial charge in [-0.25, -0.2) is 4.98 Å². The van der Waals surface area contributed by atoms with Crippen molar-refractivity contribution in [3.8, 4) is 11.8 Å². The van der Waals surface area contributed by atoms with Gasteiger partial charge in [-0.05, 0) is 6.07 Å². The highest BCUT2D eigenvalue weighted by atomic mass is 16.5. The first-order valence-corrected chi connectivity index (χ1v) is 2.97. The van der Waals surface area contributed by atoms with Crippen molar-refractivity contribution in [3.63, 3.8) is 0 Å². The molecule has 3 nitrogen and oxygen atoms in total. The van der Waals surface area contributed by atoms with E-state index >= 15 is 0 Å². The average Bonchev–Trinajstić information content (AvgIpc) is 2.04. The highest BCUT2D eigenvalue weighted by Gasteiger charge is 2.01. The van der Waals surface area contributed by atoms with E-state index in [-0.39, 0.29) is 5.69 Å². The van der Waals surface area contributed by atoms with Gasteiger partial charge in [-0.2, -0.15) is 5.26 Å². The summed E-state index contributed by atoms with van der Waals surface area (Å²) in [5, 5.41) is 8.51. The summed E-state index contributed by atoms with van der Waals surface area (Å²) in [6, 6.07) is 3.44. The van der Waals surface area contributed by atoms with E-state index in [1.165, 1.54) is 13.3 Å². The van der Waals surface area contributed by atoms with Gasteiger partial charge in [0.1, 0.15) is 13.9 Å². The molecule has 1 rings (SSSR count). The van der Waals surface area contributed by atoms with Crippen LogP contribution in [0.4, 0.5) is 0 Å². The van der Waals surface area contributed by atoms with Crippen molar-refractivity contribution in [2.75, 3.05) is 7.11 Å². The number of rotatable bonds is 1. The van der Waals surface area contributed by atoms with Crippen molar-refractivity contribution < 1.29 is 4.74 Å². The summed E-state index contributed by atoms with van der Waals surface area (Å²) >= 11 is 0. The Bertz CT molecular complexity index is 306. The molecule has 0 aromatic carbocycles. The Morgan fingerprint density at radius 1 is 1.73 bits per heavy atom. The lowest BCUT2D eigenvalue weighted by Crippen LogP contribution is -2.05. The minimum absolute atomic E-state index is 0.252. The SMILES string of the molecule is [B]c1cnc(C#N)c(OC)c1. The van der Waals surface area contributed by atoms with Gasteiger partial charge in [0.05, 0.1) is 7.11 Å². The zero-order valence-electron chi connectivity index (χ0n) is 6.03. The molecule has 4 heteroatoms. The van der Waals surface area contributed by atoms with Gasteiger partial charge in [0, 0.05) is 6.20 Å². The van der Waals surface area contributed by atoms with Gasteiger partial charge < -0.3 is 4.74 Å². The van der Waals surface area contributed by atoms with Crippen LogP contribution >= 0.6 is 0 Å². The standard InChI is InChI=1S/C7H5BN2O/c1-11-7-2-5(8)4-10-6(7)3-9/h2,4H,1H3. The third kappa shape index (κ3) is 1.50. The largest absolute Gasteiger partial charge is 0.494 e. The molecule has 2 radical (unpaired) electrons. The zero-order valence-corrected chi connectivity index (χ0v) is 6.03. The maximum atomic E-state index is 8.51. The molecular formula is C7H5BN2O. The summed E-state index contributed by atoms with van der Waals surface area (Å²) < 4.78 is 4.85. The molecule has 0 aliphatic carbocycles.